The molecule has 0 saturated carbocycles. The summed E-state index contributed by atoms with van der Waals surface area (Å²) >= 11 is 1.00. The van der Waals surface area contributed by atoms with Crippen LogP contribution in [0.25, 0.3) is 0 Å². The smallest absolute Gasteiger partial charge is 0.342 e. The summed E-state index contributed by atoms with van der Waals surface area (Å²) in [5.74, 6) is -0.355. The number of hydrogen-bond acceptors (Lipinski definition) is 6. The Bertz CT molecular complexity index is 555. The first-order chi connectivity index (χ1) is 10.1. The number of unbranched alkanes of at least 4 members (excludes halogenated alkanes) is 3. The molecular formula is C13H21N3O4S. The molecule has 118 valence electrons. The van der Waals surface area contributed by atoms with Crippen LogP contribution >= 0.6 is 11.8 Å². The zero-order chi connectivity index (χ0) is 15.7. The van der Waals surface area contributed by atoms with Crippen molar-refractivity contribution in [1.29, 1.82) is 0 Å². The third kappa shape index (κ3) is 6.16. The highest BCUT2D eigenvalue weighted by Gasteiger charge is 2.21. The Morgan fingerprint density at radius 2 is 2.05 bits per heavy atom. The van der Waals surface area contributed by atoms with Gasteiger partial charge in [0.25, 0.3) is 5.56 Å². The highest BCUT2D eigenvalue weighted by Crippen LogP contribution is 2.21. The molecule has 0 bridgehead atoms. The fraction of sp³-hybridized carbons (Fsp3) is 0.692. The van der Waals surface area contributed by atoms with E-state index < -0.39 is 16.5 Å². The molecule has 2 N–H and O–H groups in total. The lowest BCUT2D eigenvalue weighted by atomic mass is 10.2. The van der Waals surface area contributed by atoms with Gasteiger partial charge >= 0.3 is 11.7 Å². The molecule has 0 aliphatic rings. The van der Waals surface area contributed by atoms with Crippen LogP contribution in [0.15, 0.2) is 14.6 Å². The fourth-order valence-corrected chi connectivity index (χ4v) is 2.50. The lowest BCUT2D eigenvalue weighted by Gasteiger charge is -2.12. The summed E-state index contributed by atoms with van der Waals surface area (Å²) in [6.07, 6.45) is 4.65. The second-order valence-corrected chi connectivity index (χ2v) is 5.75. The molecule has 0 fully saturated rings. The number of carbonyl (C=O) groups excluding carboxylic acids is 1. The van der Waals surface area contributed by atoms with Crippen LogP contribution in [0.4, 0.5) is 0 Å². The molecular weight excluding hydrogens is 294 g/mol. The highest BCUT2D eigenvalue weighted by atomic mass is 32.2. The maximum absolute atomic E-state index is 11.9. The van der Waals surface area contributed by atoms with Crippen molar-refractivity contribution in [3.05, 3.63) is 20.8 Å². The van der Waals surface area contributed by atoms with Crippen molar-refractivity contribution in [1.82, 2.24) is 15.2 Å². The van der Waals surface area contributed by atoms with E-state index in [4.69, 9.17) is 4.74 Å². The zero-order valence-electron chi connectivity index (χ0n) is 12.3. The van der Waals surface area contributed by atoms with Gasteiger partial charge in [0.2, 0.25) is 0 Å². The molecule has 1 unspecified atom stereocenters. The van der Waals surface area contributed by atoms with E-state index in [1.54, 1.807) is 0 Å². The van der Waals surface area contributed by atoms with Gasteiger partial charge in [-0.1, -0.05) is 44.9 Å². The summed E-state index contributed by atoms with van der Waals surface area (Å²) in [4.78, 5) is 36.4. The number of aromatic amines is 2. The van der Waals surface area contributed by atoms with Crippen molar-refractivity contribution in [3.8, 4) is 0 Å². The fourth-order valence-electron chi connectivity index (χ4n) is 1.64. The maximum Gasteiger partial charge on any atom is 0.342 e. The van der Waals surface area contributed by atoms with Crippen LogP contribution in [0.3, 0.4) is 0 Å². The number of hydrogen-bond donors (Lipinski definition) is 2. The number of esters is 1. The van der Waals surface area contributed by atoms with Gasteiger partial charge in [0.05, 0.1) is 6.61 Å². The Kier molecular flexibility index (Phi) is 7.81. The van der Waals surface area contributed by atoms with Gasteiger partial charge < -0.3 is 4.74 Å². The summed E-state index contributed by atoms with van der Waals surface area (Å²) in [7, 11) is 0. The largest absolute Gasteiger partial charge is 0.465 e. The van der Waals surface area contributed by atoms with E-state index in [0.717, 1.165) is 37.4 Å². The van der Waals surface area contributed by atoms with E-state index in [0.29, 0.717) is 13.0 Å². The Balaban J connectivity index is 2.51. The number of rotatable bonds is 9. The molecule has 7 nitrogen and oxygen atoms in total. The molecule has 1 heterocycles. The normalized spacial score (nSPS) is 12.1. The van der Waals surface area contributed by atoms with Crippen molar-refractivity contribution < 1.29 is 9.53 Å². The van der Waals surface area contributed by atoms with E-state index in [9.17, 15) is 14.4 Å². The van der Waals surface area contributed by atoms with E-state index in [-0.39, 0.29) is 11.0 Å². The molecule has 1 aromatic rings. The number of nitrogens with one attached hydrogen (secondary N) is 2. The van der Waals surface area contributed by atoms with Crippen molar-refractivity contribution >= 4 is 17.7 Å². The number of thioether (sulfide) groups is 1. The van der Waals surface area contributed by atoms with Crippen molar-refractivity contribution in [2.24, 2.45) is 0 Å². The summed E-state index contributed by atoms with van der Waals surface area (Å²) in [5.41, 5.74) is -1.27. The van der Waals surface area contributed by atoms with E-state index in [2.05, 4.69) is 22.1 Å². The zero-order valence-corrected chi connectivity index (χ0v) is 13.1. The quantitative estimate of drug-likeness (QED) is 0.406. The lowest BCUT2D eigenvalue weighted by molar-refractivity contribution is -0.143. The summed E-state index contributed by atoms with van der Waals surface area (Å²) in [6, 6.07) is 0. The van der Waals surface area contributed by atoms with Gasteiger partial charge in [0, 0.05) is 0 Å². The lowest BCUT2D eigenvalue weighted by Crippen LogP contribution is -2.27. The standard InChI is InChI=1S/C13H21N3O4S/c1-3-5-6-7-8-20-12(18)9(4-2)21-11-10(17)14-13(19)16-15-11/h9H,3-8H2,1-2H3,(H2,14,16,17,19). The van der Waals surface area contributed by atoms with Gasteiger partial charge in [-0.3, -0.25) is 14.6 Å². The second kappa shape index (κ2) is 9.38. The van der Waals surface area contributed by atoms with E-state index in [1.165, 1.54) is 0 Å². The molecule has 1 aromatic heterocycles. The molecule has 0 spiro atoms. The second-order valence-electron chi connectivity index (χ2n) is 4.55. The number of aromatic nitrogens is 3. The first-order valence-electron chi connectivity index (χ1n) is 7.10. The van der Waals surface area contributed by atoms with Gasteiger partial charge in [-0.15, -0.1) is 0 Å². The third-order valence-corrected chi connectivity index (χ3v) is 4.12. The molecule has 8 heteroatoms. The minimum atomic E-state index is -0.670. The van der Waals surface area contributed by atoms with Crippen LogP contribution in [0.1, 0.15) is 46.0 Å². The van der Waals surface area contributed by atoms with Gasteiger partial charge in [-0.25, -0.2) is 9.89 Å². The first-order valence-corrected chi connectivity index (χ1v) is 7.98. The summed E-state index contributed by atoms with van der Waals surface area (Å²) < 4.78 is 5.21. The van der Waals surface area contributed by atoms with E-state index >= 15 is 0 Å². The first kappa shape index (κ1) is 17.5. The summed E-state index contributed by atoms with van der Waals surface area (Å²) in [5, 5.41) is 5.34. The molecule has 0 aliphatic carbocycles. The Hall–Kier alpha value is -1.57. The van der Waals surface area contributed by atoms with Gasteiger partial charge in [-0.2, -0.15) is 5.10 Å². The Labute approximate surface area is 126 Å². The summed E-state index contributed by atoms with van der Waals surface area (Å²) in [6.45, 7) is 4.34. The molecule has 1 atom stereocenters. The molecule has 0 aliphatic heterocycles. The van der Waals surface area contributed by atoms with Crippen LogP contribution < -0.4 is 11.2 Å². The highest BCUT2D eigenvalue weighted by molar-refractivity contribution is 8.00. The van der Waals surface area contributed by atoms with Crippen LogP contribution in [0.2, 0.25) is 0 Å². The predicted octanol–water partition coefficient (Wildman–Crippen LogP) is 1.45. The van der Waals surface area contributed by atoms with Crippen LogP contribution in [-0.4, -0.2) is 33.0 Å². The molecule has 21 heavy (non-hydrogen) atoms. The van der Waals surface area contributed by atoms with Crippen LogP contribution in [0.5, 0.6) is 0 Å². The average molecular weight is 315 g/mol. The molecule has 0 amide bonds. The Morgan fingerprint density at radius 1 is 1.29 bits per heavy atom. The molecule has 1 rings (SSSR count). The van der Waals surface area contributed by atoms with Crippen LogP contribution in [0, 0.1) is 0 Å². The molecule has 0 radical (unpaired) electrons. The van der Waals surface area contributed by atoms with Crippen molar-refractivity contribution in [3.63, 3.8) is 0 Å². The molecule has 0 saturated heterocycles. The minimum Gasteiger partial charge on any atom is -0.465 e. The third-order valence-electron chi connectivity index (χ3n) is 2.81. The van der Waals surface area contributed by atoms with E-state index in [1.807, 2.05) is 6.92 Å². The maximum atomic E-state index is 11.9. The van der Waals surface area contributed by atoms with Gasteiger partial charge in [-0.05, 0) is 12.8 Å². The predicted molar refractivity (Wildman–Crippen MR) is 80.5 cm³/mol. The average Bonchev–Trinajstić information content (AvgIpc) is 2.46. The number of nitrogens with zero attached hydrogens (tertiary/aromatic N) is 1. The molecule has 0 aromatic carbocycles. The number of ether oxygens (including phenoxy) is 1. The topological polar surface area (TPSA) is 105 Å². The minimum absolute atomic E-state index is 0.0596. The Morgan fingerprint density at radius 3 is 2.67 bits per heavy atom. The SMILES string of the molecule is CCCCCCOC(=O)C(CC)Sc1n[nH]c(=O)[nH]c1=O. The van der Waals surface area contributed by atoms with Crippen LogP contribution in [-0.2, 0) is 9.53 Å². The number of H-pyrrole nitrogens is 2. The monoisotopic (exact) mass is 315 g/mol. The van der Waals surface area contributed by atoms with Gasteiger partial charge in [0.1, 0.15) is 5.25 Å². The van der Waals surface area contributed by atoms with Gasteiger partial charge in [0.15, 0.2) is 5.03 Å². The van der Waals surface area contributed by atoms with Crippen molar-refractivity contribution in [2.45, 2.75) is 56.2 Å². The number of carbonyl (C=O) groups is 1. The van der Waals surface area contributed by atoms with Crippen molar-refractivity contribution in [2.75, 3.05) is 6.61 Å².